The molecule has 3 nitrogen and oxygen atoms in total. The summed E-state index contributed by atoms with van der Waals surface area (Å²) in [7, 11) is 0. The minimum atomic E-state index is 0.266. The SMILES string of the molecule is CCCN(Cc1ccccc1)C(=O)CCCCCN. The van der Waals surface area contributed by atoms with Gasteiger partial charge in [0.2, 0.25) is 5.91 Å². The molecule has 0 radical (unpaired) electrons. The number of hydrogen-bond acceptors (Lipinski definition) is 2. The molecule has 0 spiro atoms. The first kappa shape index (κ1) is 15.7. The van der Waals surface area contributed by atoms with Crippen LogP contribution in [0.5, 0.6) is 0 Å². The van der Waals surface area contributed by atoms with Gasteiger partial charge < -0.3 is 10.6 Å². The molecule has 1 aromatic rings. The van der Waals surface area contributed by atoms with E-state index in [4.69, 9.17) is 5.73 Å². The van der Waals surface area contributed by atoms with E-state index < -0.39 is 0 Å². The van der Waals surface area contributed by atoms with Gasteiger partial charge in [-0.3, -0.25) is 4.79 Å². The molecule has 0 fully saturated rings. The highest BCUT2D eigenvalue weighted by molar-refractivity contribution is 5.76. The second-order valence-electron chi connectivity index (χ2n) is 4.90. The van der Waals surface area contributed by atoms with Gasteiger partial charge in [0.1, 0.15) is 0 Å². The topological polar surface area (TPSA) is 46.3 Å². The van der Waals surface area contributed by atoms with Crippen LogP contribution >= 0.6 is 0 Å². The smallest absolute Gasteiger partial charge is 0.222 e. The molecule has 0 saturated heterocycles. The lowest BCUT2D eigenvalue weighted by atomic mass is 10.1. The van der Waals surface area contributed by atoms with Crippen LogP contribution in [0.2, 0.25) is 0 Å². The van der Waals surface area contributed by atoms with Gasteiger partial charge in [-0.2, -0.15) is 0 Å². The molecular formula is C16H26N2O. The van der Waals surface area contributed by atoms with Gasteiger partial charge in [0.25, 0.3) is 0 Å². The Morgan fingerprint density at radius 2 is 1.89 bits per heavy atom. The second kappa shape index (κ2) is 9.56. The molecule has 106 valence electrons. The van der Waals surface area contributed by atoms with Crippen molar-refractivity contribution in [3.63, 3.8) is 0 Å². The van der Waals surface area contributed by atoms with E-state index in [2.05, 4.69) is 19.1 Å². The third kappa shape index (κ3) is 6.39. The first-order valence-electron chi connectivity index (χ1n) is 7.29. The molecule has 1 amide bonds. The Morgan fingerprint density at radius 3 is 2.53 bits per heavy atom. The fraction of sp³-hybridized carbons (Fsp3) is 0.562. The van der Waals surface area contributed by atoms with Crippen molar-refractivity contribution in [2.45, 2.75) is 45.6 Å². The number of benzene rings is 1. The fourth-order valence-corrected chi connectivity index (χ4v) is 2.12. The molecule has 0 saturated carbocycles. The summed E-state index contributed by atoms with van der Waals surface area (Å²) < 4.78 is 0. The highest BCUT2D eigenvalue weighted by Crippen LogP contribution is 2.09. The van der Waals surface area contributed by atoms with Crippen molar-refractivity contribution in [1.82, 2.24) is 4.90 Å². The van der Waals surface area contributed by atoms with Crippen LogP contribution in [-0.4, -0.2) is 23.9 Å². The highest BCUT2D eigenvalue weighted by atomic mass is 16.2. The molecule has 0 aliphatic rings. The average Bonchev–Trinajstić information content (AvgIpc) is 2.44. The Kier molecular flexibility index (Phi) is 7.91. The van der Waals surface area contributed by atoms with Crippen LogP contribution in [0.3, 0.4) is 0 Å². The lowest BCUT2D eigenvalue weighted by molar-refractivity contribution is -0.132. The molecular weight excluding hydrogens is 236 g/mol. The third-order valence-electron chi connectivity index (χ3n) is 3.16. The van der Waals surface area contributed by atoms with Crippen LogP contribution in [0.1, 0.15) is 44.6 Å². The molecule has 2 N–H and O–H groups in total. The molecule has 0 bridgehead atoms. The van der Waals surface area contributed by atoms with Gasteiger partial charge in [-0.1, -0.05) is 43.7 Å². The summed E-state index contributed by atoms with van der Waals surface area (Å²) >= 11 is 0. The van der Waals surface area contributed by atoms with Gasteiger partial charge in [-0.05, 0) is 31.4 Å². The summed E-state index contributed by atoms with van der Waals surface area (Å²) in [5.41, 5.74) is 6.66. The predicted molar refractivity (Wildman–Crippen MR) is 79.7 cm³/mol. The molecule has 0 heterocycles. The summed E-state index contributed by atoms with van der Waals surface area (Å²) in [5.74, 6) is 0.266. The average molecular weight is 262 g/mol. The fourth-order valence-electron chi connectivity index (χ4n) is 2.12. The van der Waals surface area contributed by atoms with E-state index in [0.29, 0.717) is 6.42 Å². The van der Waals surface area contributed by atoms with E-state index >= 15 is 0 Å². The van der Waals surface area contributed by atoms with Crippen LogP contribution in [0, 0.1) is 0 Å². The number of carbonyl (C=O) groups excluding carboxylic acids is 1. The lowest BCUT2D eigenvalue weighted by Crippen LogP contribution is -2.31. The quantitative estimate of drug-likeness (QED) is 0.695. The molecule has 0 atom stereocenters. The summed E-state index contributed by atoms with van der Waals surface area (Å²) in [6.45, 7) is 4.39. The molecule has 3 heteroatoms. The van der Waals surface area contributed by atoms with E-state index in [1.54, 1.807) is 0 Å². The van der Waals surface area contributed by atoms with Crippen LogP contribution in [0.15, 0.2) is 30.3 Å². The number of carbonyl (C=O) groups is 1. The lowest BCUT2D eigenvalue weighted by Gasteiger charge is -2.22. The maximum Gasteiger partial charge on any atom is 0.222 e. The van der Waals surface area contributed by atoms with Gasteiger partial charge in [0.05, 0.1) is 0 Å². The summed E-state index contributed by atoms with van der Waals surface area (Å²) in [5, 5.41) is 0. The monoisotopic (exact) mass is 262 g/mol. The Balaban J connectivity index is 2.44. The van der Waals surface area contributed by atoms with Crippen molar-refractivity contribution in [2.24, 2.45) is 5.73 Å². The maximum absolute atomic E-state index is 12.2. The second-order valence-corrected chi connectivity index (χ2v) is 4.90. The summed E-state index contributed by atoms with van der Waals surface area (Å²) in [6.07, 6.45) is 4.66. The number of rotatable bonds is 9. The molecule has 19 heavy (non-hydrogen) atoms. The number of hydrogen-bond donors (Lipinski definition) is 1. The highest BCUT2D eigenvalue weighted by Gasteiger charge is 2.12. The van der Waals surface area contributed by atoms with Gasteiger partial charge in [0.15, 0.2) is 0 Å². The van der Waals surface area contributed by atoms with Gasteiger partial charge >= 0.3 is 0 Å². The summed E-state index contributed by atoms with van der Waals surface area (Å²) in [4.78, 5) is 14.2. The molecule has 0 unspecified atom stereocenters. The van der Waals surface area contributed by atoms with Gasteiger partial charge in [0, 0.05) is 19.5 Å². The van der Waals surface area contributed by atoms with Crippen molar-refractivity contribution < 1.29 is 4.79 Å². The van der Waals surface area contributed by atoms with E-state index in [1.165, 1.54) is 5.56 Å². The number of unbranched alkanes of at least 4 members (excludes halogenated alkanes) is 2. The van der Waals surface area contributed by atoms with Crippen molar-refractivity contribution in [1.29, 1.82) is 0 Å². The first-order chi connectivity index (χ1) is 9.27. The maximum atomic E-state index is 12.2. The van der Waals surface area contributed by atoms with Crippen molar-refractivity contribution in [2.75, 3.05) is 13.1 Å². The van der Waals surface area contributed by atoms with Crippen LogP contribution in [0.4, 0.5) is 0 Å². The number of nitrogens with two attached hydrogens (primary N) is 1. The van der Waals surface area contributed by atoms with Crippen molar-refractivity contribution >= 4 is 5.91 Å². The zero-order chi connectivity index (χ0) is 13.9. The van der Waals surface area contributed by atoms with E-state index in [-0.39, 0.29) is 5.91 Å². The van der Waals surface area contributed by atoms with Crippen LogP contribution in [0.25, 0.3) is 0 Å². The molecule has 0 aliphatic carbocycles. The largest absolute Gasteiger partial charge is 0.338 e. The Bertz CT molecular complexity index is 351. The van der Waals surface area contributed by atoms with E-state index in [9.17, 15) is 4.79 Å². The minimum Gasteiger partial charge on any atom is -0.338 e. The normalized spacial score (nSPS) is 10.4. The standard InChI is InChI=1S/C16H26N2O/c1-2-13-18(14-15-9-5-3-6-10-15)16(19)11-7-4-8-12-17/h3,5-6,9-10H,2,4,7-8,11-14,17H2,1H3. The van der Waals surface area contributed by atoms with E-state index in [1.807, 2.05) is 23.1 Å². The van der Waals surface area contributed by atoms with Gasteiger partial charge in [-0.25, -0.2) is 0 Å². The predicted octanol–water partition coefficient (Wildman–Crippen LogP) is 2.94. The number of nitrogens with zero attached hydrogens (tertiary/aromatic N) is 1. The molecule has 1 aromatic carbocycles. The minimum absolute atomic E-state index is 0.266. The Labute approximate surface area is 116 Å². The van der Waals surface area contributed by atoms with Crippen molar-refractivity contribution in [3.05, 3.63) is 35.9 Å². The first-order valence-corrected chi connectivity index (χ1v) is 7.29. The van der Waals surface area contributed by atoms with Crippen LogP contribution < -0.4 is 5.73 Å². The van der Waals surface area contributed by atoms with Crippen molar-refractivity contribution in [3.8, 4) is 0 Å². The molecule has 0 aromatic heterocycles. The third-order valence-corrected chi connectivity index (χ3v) is 3.16. The Morgan fingerprint density at radius 1 is 1.16 bits per heavy atom. The summed E-state index contributed by atoms with van der Waals surface area (Å²) in [6, 6.07) is 10.2. The number of amides is 1. The van der Waals surface area contributed by atoms with Gasteiger partial charge in [-0.15, -0.1) is 0 Å². The Hall–Kier alpha value is -1.35. The van der Waals surface area contributed by atoms with Crippen LogP contribution in [-0.2, 0) is 11.3 Å². The molecule has 1 rings (SSSR count). The van der Waals surface area contributed by atoms with E-state index in [0.717, 1.165) is 45.3 Å². The zero-order valence-corrected chi connectivity index (χ0v) is 12.0. The zero-order valence-electron chi connectivity index (χ0n) is 12.0. The molecule has 0 aliphatic heterocycles.